The fourth-order valence-corrected chi connectivity index (χ4v) is 4.83. The molecule has 1 fully saturated rings. The number of ether oxygens (including phenoxy) is 5. The van der Waals surface area contributed by atoms with E-state index in [0.717, 1.165) is 18.2 Å². The third-order valence-electron chi connectivity index (χ3n) is 7.27. The van der Waals surface area contributed by atoms with Gasteiger partial charge in [0.15, 0.2) is 28.8 Å². The summed E-state index contributed by atoms with van der Waals surface area (Å²) in [5.41, 5.74) is -0.604. The molecule has 15 heteroatoms. The second-order valence-corrected chi connectivity index (χ2v) is 10.3. The van der Waals surface area contributed by atoms with Crippen molar-refractivity contribution in [3.63, 3.8) is 0 Å². The van der Waals surface area contributed by atoms with E-state index in [0.29, 0.717) is 5.56 Å². The van der Waals surface area contributed by atoms with Gasteiger partial charge in [0, 0.05) is 23.8 Å². The number of esters is 1. The third-order valence-corrected chi connectivity index (χ3v) is 7.27. The molecule has 15 nitrogen and oxygen atoms in total. The summed E-state index contributed by atoms with van der Waals surface area (Å²) < 4.78 is 32.6. The quantitative estimate of drug-likeness (QED) is 0.101. The Bertz CT molecular complexity index is 1880. The summed E-state index contributed by atoms with van der Waals surface area (Å²) in [5.74, 6) is -3.04. The van der Waals surface area contributed by atoms with Gasteiger partial charge in [-0.2, -0.15) is 0 Å². The molecule has 3 aromatic carbocycles. The van der Waals surface area contributed by atoms with Crippen LogP contribution in [0.25, 0.3) is 28.4 Å². The zero-order chi connectivity index (χ0) is 34.0. The number of carbonyl (C=O) groups excluding carboxylic acids is 1. The Kier molecular flexibility index (Phi) is 9.44. The smallest absolute Gasteiger partial charge is 0.330 e. The van der Waals surface area contributed by atoms with E-state index in [1.807, 2.05) is 0 Å². The number of phenolic OH excluding ortho intramolecular Hbond substituents is 4. The van der Waals surface area contributed by atoms with Crippen LogP contribution in [0.3, 0.4) is 0 Å². The lowest BCUT2D eigenvalue weighted by molar-refractivity contribution is -0.278. The number of hydrogen-bond donors (Lipinski definition) is 7. The molecule has 1 aromatic heterocycles. The highest BCUT2D eigenvalue weighted by molar-refractivity contribution is 5.88. The van der Waals surface area contributed by atoms with Crippen molar-refractivity contribution in [3.05, 3.63) is 70.4 Å². The van der Waals surface area contributed by atoms with Crippen LogP contribution in [0.2, 0.25) is 0 Å². The molecule has 5 atom stereocenters. The van der Waals surface area contributed by atoms with E-state index in [9.17, 15) is 45.3 Å². The van der Waals surface area contributed by atoms with Gasteiger partial charge in [-0.3, -0.25) is 4.79 Å². The standard InChI is InChI=1S/C32H30O15/c1-42-20-9-14(3-6-17(20)34)4-8-24(37)44-13-23-26(38)28(40)29(41)32(46-23)47-31-27(39)25-19(36)11-16(33)12-22(25)45-30(31)15-5-7-18(35)21(10-15)43-2/h3-12,23,26,28-29,32-36,38,40-41H,13H2,1-2H3. The number of methoxy groups -OCH3 is 2. The molecule has 1 aliphatic rings. The molecule has 0 amide bonds. The largest absolute Gasteiger partial charge is 0.508 e. The average Bonchev–Trinajstić information content (AvgIpc) is 3.04. The molecule has 5 rings (SSSR count). The number of benzene rings is 3. The van der Waals surface area contributed by atoms with Crippen molar-refractivity contribution in [2.24, 2.45) is 0 Å². The predicted octanol–water partition coefficient (Wildman–Crippen LogP) is 1.74. The van der Waals surface area contributed by atoms with Gasteiger partial charge in [-0.15, -0.1) is 0 Å². The van der Waals surface area contributed by atoms with Gasteiger partial charge in [-0.05, 0) is 42.0 Å². The number of rotatable bonds is 9. The van der Waals surface area contributed by atoms with Crippen LogP contribution < -0.4 is 19.6 Å². The molecular weight excluding hydrogens is 624 g/mol. The van der Waals surface area contributed by atoms with Gasteiger partial charge in [-0.1, -0.05) is 6.07 Å². The highest BCUT2D eigenvalue weighted by atomic mass is 16.7. The molecule has 0 bridgehead atoms. The van der Waals surface area contributed by atoms with Crippen LogP contribution in [0.5, 0.6) is 40.2 Å². The van der Waals surface area contributed by atoms with Gasteiger partial charge in [0.05, 0.1) is 14.2 Å². The summed E-state index contributed by atoms with van der Waals surface area (Å²) in [4.78, 5) is 26.1. The lowest BCUT2D eigenvalue weighted by Crippen LogP contribution is -2.60. The number of carbonyl (C=O) groups is 1. The Morgan fingerprint density at radius 3 is 2.23 bits per heavy atom. The first kappa shape index (κ1) is 32.9. The minimum atomic E-state index is -1.94. The van der Waals surface area contributed by atoms with E-state index >= 15 is 0 Å². The minimum absolute atomic E-state index is 0.0112. The van der Waals surface area contributed by atoms with Crippen molar-refractivity contribution in [1.82, 2.24) is 0 Å². The first-order valence-electron chi connectivity index (χ1n) is 13.9. The van der Waals surface area contributed by atoms with E-state index in [-0.39, 0.29) is 39.9 Å². The monoisotopic (exact) mass is 654 g/mol. The van der Waals surface area contributed by atoms with Crippen LogP contribution >= 0.6 is 0 Å². The van der Waals surface area contributed by atoms with Crippen molar-refractivity contribution in [1.29, 1.82) is 0 Å². The minimum Gasteiger partial charge on any atom is -0.508 e. The fourth-order valence-electron chi connectivity index (χ4n) is 4.83. The first-order valence-corrected chi connectivity index (χ1v) is 13.9. The van der Waals surface area contributed by atoms with Crippen molar-refractivity contribution in [3.8, 4) is 51.6 Å². The van der Waals surface area contributed by atoms with E-state index in [2.05, 4.69) is 0 Å². The van der Waals surface area contributed by atoms with E-state index in [1.54, 1.807) is 0 Å². The molecule has 2 heterocycles. The second kappa shape index (κ2) is 13.5. The SMILES string of the molecule is COc1cc(C=CC(=O)OCC2OC(Oc3c(-c4ccc(O)c(OC)c4)oc4cc(O)cc(O)c4c3=O)C(O)C(O)C2O)ccc1O. The molecule has 4 aromatic rings. The summed E-state index contributed by atoms with van der Waals surface area (Å²) in [7, 11) is 2.65. The second-order valence-electron chi connectivity index (χ2n) is 10.3. The molecule has 7 N–H and O–H groups in total. The number of aliphatic hydroxyl groups is 3. The molecular formula is C32H30O15. The van der Waals surface area contributed by atoms with Gasteiger partial charge >= 0.3 is 5.97 Å². The van der Waals surface area contributed by atoms with Crippen LogP contribution in [0.1, 0.15) is 5.56 Å². The number of phenols is 4. The van der Waals surface area contributed by atoms with Crippen LogP contribution in [0.15, 0.2) is 63.8 Å². The zero-order valence-corrected chi connectivity index (χ0v) is 24.8. The summed E-state index contributed by atoms with van der Waals surface area (Å²) >= 11 is 0. The molecule has 0 aliphatic carbocycles. The topological polar surface area (TPSA) is 235 Å². The van der Waals surface area contributed by atoms with E-state index < -0.39 is 71.3 Å². The third kappa shape index (κ3) is 6.73. The molecule has 248 valence electrons. The molecule has 1 saturated heterocycles. The van der Waals surface area contributed by atoms with Crippen molar-refractivity contribution >= 4 is 23.0 Å². The maximum absolute atomic E-state index is 13.7. The van der Waals surface area contributed by atoms with Crippen LogP contribution in [0, 0.1) is 0 Å². The van der Waals surface area contributed by atoms with E-state index in [1.165, 1.54) is 56.7 Å². The Hall–Kier alpha value is -5.48. The maximum atomic E-state index is 13.7. The number of aliphatic hydroxyl groups excluding tert-OH is 3. The van der Waals surface area contributed by atoms with Crippen LogP contribution in [-0.2, 0) is 14.3 Å². The number of fused-ring (bicyclic) bond motifs is 1. The first-order chi connectivity index (χ1) is 22.4. The van der Waals surface area contributed by atoms with Crippen LogP contribution in [-0.4, -0.2) is 93.2 Å². The van der Waals surface area contributed by atoms with Crippen molar-refractivity contribution < 1.29 is 68.6 Å². The summed E-state index contributed by atoms with van der Waals surface area (Å²) in [5, 5.41) is 71.7. The lowest BCUT2D eigenvalue weighted by Gasteiger charge is -2.39. The fraction of sp³-hybridized carbons (Fsp3) is 0.250. The summed E-state index contributed by atoms with van der Waals surface area (Å²) in [6, 6.07) is 10.2. The number of aromatic hydroxyl groups is 4. The highest BCUT2D eigenvalue weighted by Crippen LogP contribution is 2.39. The van der Waals surface area contributed by atoms with Gasteiger partial charge in [0.25, 0.3) is 0 Å². The predicted molar refractivity (Wildman–Crippen MR) is 161 cm³/mol. The molecule has 5 unspecified atom stereocenters. The lowest BCUT2D eigenvalue weighted by atomic mass is 9.99. The Morgan fingerprint density at radius 2 is 1.53 bits per heavy atom. The van der Waals surface area contributed by atoms with Gasteiger partial charge < -0.3 is 63.8 Å². The van der Waals surface area contributed by atoms with Gasteiger partial charge in [-0.25, -0.2) is 4.79 Å². The molecule has 0 saturated carbocycles. The molecule has 47 heavy (non-hydrogen) atoms. The Balaban J connectivity index is 1.43. The molecule has 0 spiro atoms. The van der Waals surface area contributed by atoms with E-state index in [4.69, 9.17) is 28.1 Å². The van der Waals surface area contributed by atoms with Crippen LogP contribution in [0.4, 0.5) is 0 Å². The molecule has 0 radical (unpaired) electrons. The summed E-state index contributed by atoms with van der Waals surface area (Å²) in [6.45, 7) is -0.624. The average molecular weight is 655 g/mol. The summed E-state index contributed by atoms with van der Waals surface area (Å²) in [6.07, 6.45) is -6.47. The Labute approximate surface area is 265 Å². The molecule has 1 aliphatic heterocycles. The van der Waals surface area contributed by atoms with Gasteiger partial charge in [0.1, 0.15) is 53.5 Å². The Morgan fingerprint density at radius 1 is 0.851 bits per heavy atom. The zero-order valence-electron chi connectivity index (χ0n) is 24.8. The van der Waals surface area contributed by atoms with Crippen molar-refractivity contribution in [2.75, 3.05) is 20.8 Å². The normalized spacial score (nSPS) is 21.1. The highest BCUT2D eigenvalue weighted by Gasteiger charge is 2.46. The van der Waals surface area contributed by atoms with Crippen molar-refractivity contribution in [2.45, 2.75) is 30.7 Å². The maximum Gasteiger partial charge on any atom is 0.330 e. The number of hydrogen-bond acceptors (Lipinski definition) is 15. The van der Waals surface area contributed by atoms with Gasteiger partial charge in [0.2, 0.25) is 17.5 Å².